The van der Waals surface area contributed by atoms with E-state index >= 15 is 0 Å². The van der Waals surface area contributed by atoms with Crippen LogP contribution in [0, 0.1) is 26.6 Å². The van der Waals surface area contributed by atoms with E-state index in [-0.39, 0.29) is 11.3 Å². The highest BCUT2D eigenvalue weighted by atomic mass is 79.9. The molecule has 0 saturated carbocycles. The SMILES string of the molecule is Cc1[nH]c(C(=O)c2ccc(Br)cc2F)c(C)c1C. The summed E-state index contributed by atoms with van der Waals surface area (Å²) in [5, 5.41) is 0. The maximum atomic E-state index is 13.8. The van der Waals surface area contributed by atoms with Crippen LogP contribution in [0.1, 0.15) is 32.9 Å². The first-order chi connectivity index (χ1) is 8.41. The molecule has 1 N–H and O–H groups in total. The average molecular weight is 310 g/mol. The topological polar surface area (TPSA) is 32.9 Å². The predicted molar refractivity (Wildman–Crippen MR) is 72.5 cm³/mol. The molecule has 0 fully saturated rings. The maximum Gasteiger partial charge on any atom is 0.212 e. The molecule has 18 heavy (non-hydrogen) atoms. The Hall–Kier alpha value is -1.42. The molecular formula is C14H13BrFNO. The molecular weight excluding hydrogens is 297 g/mol. The number of nitrogens with one attached hydrogen (secondary N) is 1. The van der Waals surface area contributed by atoms with E-state index in [1.54, 1.807) is 6.07 Å². The van der Waals surface area contributed by atoms with Gasteiger partial charge in [-0.1, -0.05) is 15.9 Å². The van der Waals surface area contributed by atoms with Gasteiger partial charge in [-0.15, -0.1) is 0 Å². The van der Waals surface area contributed by atoms with Crippen molar-refractivity contribution in [3.05, 3.63) is 56.6 Å². The van der Waals surface area contributed by atoms with Crippen LogP contribution in [0.5, 0.6) is 0 Å². The van der Waals surface area contributed by atoms with Crippen molar-refractivity contribution in [3.8, 4) is 0 Å². The molecule has 0 bridgehead atoms. The third-order valence-electron chi connectivity index (χ3n) is 3.22. The molecule has 0 atom stereocenters. The van der Waals surface area contributed by atoms with E-state index in [9.17, 15) is 9.18 Å². The molecule has 0 saturated heterocycles. The van der Waals surface area contributed by atoms with E-state index in [1.807, 2.05) is 20.8 Å². The Balaban J connectivity index is 2.51. The molecule has 0 amide bonds. The minimum atomic E-state index is -0.515. The second kappa shape index (κ2) is 4.69. The van der Waals surface area contributed by atoms with E-state index in [2.05, 4.69) is 20.9 Å². The van der Waals surface area contributed by atoms with Gasteiger partial charge >= 0.3 is 0 Å². The van der Waals surface area contributed by atoms with Crippen LogP contribution in [-0.2, 0) is 0 Å². The minimum Gasteiger partial charge on any atom is -0.356 e. The Bertz CT molecular complexity index is 631. The van der Waals surface area contributed by atoms with E-state index in [1.165, 1.54) is 12.1 Å². The van der Waals surface area contributed by atoms with Crippen LogP contribution in [0.15, 0.2) is 22.7 Å². The highest BCUT2D eigenvalue weighted by Gasteiger charge is 2.19. The van der Waals surface area contributed by atoms with Crippen LogP contribution in [0.4, 0.5) is 4.39 Å². The van der Waals surface area contributed by atoms with Crippen molar-refractivity contribution in [2.24, 2.45) is 0 Å². The van der Waals surface area contributed by atoms with Gasteiger partial charge in [0.25, 0.3) is 0 Å². The summed E-state index contributed by atoms with van der Waals surface area (Å²) in [5.74, 6) is -0.826. The van der Waals surface area contributed by atoms with E-state index < -0.39 is 5.82 Å². The first-order valence-electron chi connectivity index (χ1n) is 5.57. The fraction of sp³-hybridized carbons (Fsp3) is 0.214. The number of carbonyl (C=O) groups excluding carboxylic acids is 1. The predicted octanol–water partition coefficient (Wildman–Crippen LogP) is 4.07. The summed E-state index contributed by atoms with van der Waals surface area (Å²) in [7, 11) is 0. The van der Waals surface area contributed by atoms with Crippen molar-refractivity contribution in [2.75, 3.05) is 0 Å². The third kappa shape index (κ3) is 2.12. The van der Waals surface area contributed by atoms with Gasteiger partial charge in [0.15, 0.2) is 0 Å². The maximum absolute atomic E-state index is 13.8. The standard InChI is InChI=1S/C14H13BrFNO/c1-7-8(2)13(17-9(7)3)14(18)11-5-4-10(15)6-12(11)16/h4-6,17H,1-3H3. The summed E-state index contributed by atoms with van der Waals surface area (Å²) in [6, 6.07) is 4.45. The van der Waals surface area contributed by atoms with Crippen molar-refractivity contribution in [3.63, 3.8) is 0 Å². The number of ketones is 1. The summed E-state index contributed by atoms with van der Waals surface area (Å²) in [5.41, 5.74) is 3.40. The van der Waals surface area contributed by atoms with Crippen LogP contribution in [0.3, 0.4) is 0 Å². The highest BCUT2D eigenvalue weighted by Crippen LogP contribution is 2.22. The molecule has 1 aromatic heterocycles. The van der Waals surface area contributed by atoms with Crippen molar-refractivity contribution in [2.45, 2.75) is 20.8 Å². The Morgan fingerprint density at radius 1 is 1.22 bits per heavy atom. The fourth-order valence-electron chi connectivity index (χ4n) is 1.88. The Kier molecular flexibility index (Phi) is 3.39. The molecule has 4 heteroatoms. The Labute approximate surface area is 113 Å². The monoisotopic (exact) mass is 309 g/mol. The number of carbonyl (C=O) groups is 1. The van der Waals surface area contributed by atoms with Gasteiger partial charge in [-0.2, -0.15) is 0 Å². The lowest BCUT2D eigenvalue weighted by Gasteiger charge is -2.03. The largest absolute Gasteiger partial charge is 0.356 e. The van der Waals surface area contributed by atoms with Crippen LogP contribution in [0.2, 0.25) is 0 Å². The first kappa shape index (κ1) is 13.0. The molecule has 1 heterocycles. The van der Waals surface area contributed by atoms with E-state index in [4.69, 9.17) is 0 Å². The second-order valence-corrected chi connectivity index (χ2v) is 5.24. The highest BCUT2D eigenvalue weighted by molar-refractivity contribution is 9.10. The van der Waals surface area contributed by atoms with Gasteiger partial charge in [-0.3, -0.25) is 4.79 Å². The van der Waals surface area contributed by atoms with E-state index in [0.29, 0.717) is 10.2 Å². The molecule has 2 aromatic rings. The molecule has 2 rings (SSSR count). The molecule has 0 radical (unpaired) electrons. The molecule has 2 nitrogen and oxygen atoms in total. The van der Waals surface area contributed by atoms with Crippen molar-refractivity contribution < 1.29 is 9.18 Å². The zero-order chi connectivity index (χ0) is 13.4. The van der Waals surface area contributed by atoms with Crippen molar-refractivity contribution in [1.29, 1.82) is 0 Å². The lowest BCUT2D eigenvalue weighted by Crippen LogP contribution is -2.06. The second-order valence-electron chi connectivity index (χ2n) is 4.33. The summed E-state index contributed by atoms with van der Waals surface area (Å²) in [4.78, 5) is 15.3. The number of hydrogen-bond acceptors (Lipinski definition) is 1. The number of aryl methyl sites for hydroxylation is 1. The average Bonchev–Trinajstić information content (AvgIpc) is 2.56. The number of rotatable bonds is 2. The minimum absolute atomic E-state index is 0.0857. The zero-order valence-electron chi connectivity index (χ0n) is 10.4. The van der Waals surface area contributed by atoms with Gasteiger partial charge < -0.3 is 4.98 Å². The van der Waals surface area contributed by atoms with Gasteiger partial charge in [-0.25, -0.2) is 4.39 Å². The number of aromatic amines is 1. The van der Waals surface area contributed by atoms with Crippen LogP contribution in [0.25, 0.3) is 0 Å². The number of halogens is 2. The van der Waals surface area contributed by atoms with Gasteiger partial charge in [0, 0.05) is 10.2 Å². The lowest BCUT2D eigenvalue weighted by molar-refractivity contribution is 0.103. The summed E-state index contributed by atoms with van der Waals surface area (Å²) in [6.07, 6.45) is 0. The van der Waals surface area contributed by atoms with Gasteiger partial charge in [0.2, 0.25) is 5.78 Å². The number of H-pyrrole nitrogens is 1. The first-order valence-corrected chi connectivity index (χ1v) is 6.36. The van der Waals surface area contributed by atoms with Crippen molar-refractivity contribution in [1.82, 2.24) is 4.98 Å². The van der Waals surface area contributed by atoms with Crippen molar-refractivity contribution >= 4 is 21.7 Å². The smallest absolute Gasteiger partial charge is 0.212 e. The summed E-state index contributed by atoms with van der Waals surface area (Å²) >= 11 is 3.17. The lowest BCUT2D eigenvalue weighted by atomic mass is 10.0. The summed E-state index contributed by atoms with van der Waals surface area (Å²) < 4.78 is 14.4. The molecule has 0 aliphatic heterocycles. The quantitative estimate of drug-likeness (QED) is 0.833. The molecule has 1 aromatic carbocycles. The molecule has 94 valence electrons. The van der Waals surface area contributed by atoms with Gasteiger partial charge in [-0.05, 0) is 50.1 Å². The zero-order valence-corrected chi connectivity index (χ0v) is 12.0. The number of hydrogen-bond donors (Lipinski definition) is 1. The number of aromatic nitrogens is 1. The van der Waals surface area contributed by atoms with E-state index in [0.717, 1.165) is 16.8 Å². The molecule has 0 unspecified atom stereocenters. The van der Waals surface area contributed by atoms with Gasteiger partial charge in [0.05, 0.1) is 11.3 Å². The normalized spacial score (nSPS) is 10.7. The fourth-order valence-corrected chi connectivity index (χ4v) is 2.21. The van der Waals surface area contributed by atoms with Crippen LogP contribution < -0.4 is 0 Å². The Morgan fingerprint density at radius 3 is 2.39 bits per heavy atom. The molecule has 0 aliphatic carbocycles. The van der Waals surface area contributed by atoms with Crippen LogP contribution >= 0.6 is 15.9 Å². The number of benzene rings is 1. The molecule has 0 spiro atoms. The molecule has 0 aliphatic rings. The third-order valence-corrected chi connectivity index (χ3v) is 3.71. The Morgan fingerprint density at radius 2 is 1.89 bits per heavy atom. The summed E-state index contributed by atoms with van der Waals surface area (Å²) in [6.45, 7) is 5.70. The van der Waals surface area contributed by atoms with Gasteiger partial charge in [0.1, 0.15) is 5.82 Å². The van der Waals surface area contributed by atoms with Crippen LogP contribution in [-0.4, -0.2) is 10.8 Å².